The Morgan fingerprint density at radius 3 is 2.93 bits per heavy atom. The van der Waals surface area contributed by atoms with Gasteiger partial charge in [0.25, 0.3) is 6.73 Å². The Kier molecular flexibility index (Phi) is 5.78. The molecule has 1 heterocycles. The Hall–Kier alpha value is -1.09. The fourth-order valence-corrected chi connectivity index (χ4v) is 1.39. The maximum Gasteiger partial charge on any atom is 0.252 e. The second kappa shape index (κ2) is 7.23. The minimum atomic E-state index is 0.270. The van der Waals surface area contributed by atoms with E-state index in [0.29, 0.717) is 6.73 Å². The molecule has 3 heteroatoms. The van der Waals surface area contributed by atoms with E-state index >= 15 is 0 Å². The summed E-state index contributed by atoms with van der Waals surface area (Å²) < 4.78 is 7.30. The van der Waals surface area contributed by atoms with Gasteiger partial charge in [-0.2, -0.15) is 4.57 Å². The monoisotopic (exact) mass is 210 g/mol. The van der Waals surface area contributed by atoms with E-state index in [1.54, 1.807) is 18.3 Å². The molecule has 0 amide bonds. The van der Waals surface area contributed by atoms with E-state index < -0.39 is 0 Å². The van der Waals surface area contributed by atoms with Crippen molar-refractivity contribution in [1.29, 1.82) is 0 Å². The van der Waals surface area contributed by atoms with Gasteiger partial charge >= 0.3 is 0 Å². The lowest BCUT2D eigenvalue weighted by Crippen LogP contribution is -2.34. The predicted octanol–water partition coefficient (Wildman–Crippen LogP) is 2.23. The van der Waals surface area contributed by atoms with Gasteiger partial charge in [-0.25, -0.2) is 0 Å². The molecule has 0 aliphatic heterocycles. The molecule has 0 unspecified atom stereocenters. The van der Waals surface area contributed by atoms with E-state index in [0.717, 1.165) is 13.0 Å². The Morgan fingerprint density at radius 1 is 1.33 bits per heavy atom. The van der Waals surface area contributed by atoms with Crippen molar-refractivity contribution in [3.8, 4) is 5.75 Å². The lowest BCUT2D eigenvalue weighted by Gasteiger charge is -2.00. The summed E-state index contributed by atoms with van der Waals surface area (Å²) in [6.45, 7) is 3.51. The van der Waals surface area contributed by atoms with Gasteiger partial charge in [0.2, 0.25) is 6.20 Å². The van der Waals surface area contributed by atoms with Crippen LogP contribution >= 0.6 is 0 Å². The molecular weight excluding hydrogens is 190 g/mol. The van der Waals surface area contributed by atoms with Gasteiger partial charge in [-0.05, 0) is 12.5 Å². The first-order chi connectivity index (χ1) is 7.33. The summed E-state index contributed by atoms with van der Waals surface area (Å²) in [6, 6.07) is 3.45. The molecule has 0 radical (unpaired) electrons. The first-order valence-electron chi connectivity index (χ1n) is 5.58. The van der Waals surface area contributed by atoms with Crippen LogP contribution in [0.15, 0.2) is 24.5 Å². The fourth-order valence-electron chi connectivity index (χ4n) is 1.39. The van der Waals surface area contributed by atoms with Crippen molar-refractivity contribution < 1.29 is 14.4 Å². The summed E-state index contributed by atoms with van der Waals surface area (Å²) in [5.41, 5.74) is 0. The van der Waals surface area contributed by atoms with E-state index in [-0.39, 0.29) is 5.75 Å². The molecule has 0 bridgehead atoms. The standard InChI is InChI=1S/C12H19NO2/c1-2-3-4-5-9-15-11-13-8-6-7-12(14)10-13/h6-8,10H,2-5,9,11H2,1H3/p+1. The molecule has 15 heavy (non-hydrogen) atoms. The van der Waals surface area contributed by atoms with Crippen molar-refractivity contribution in [2.75, 3.05) is 6.61 Å². The SMILES string of the molecule is CCCCCCOC[n+]1cccc(O)c1. The van der Waals surface area contributed by atoms with E-state index in [1.165, 1.54) is 19.3 Å². The van der Waals surface area contributed by atoms with Gasteiger partial charge in [-0.15, -0.1) is 0 Å². The number of unbranched alkanes of at least 4 members (excludes halogenated alkanes) is 3. The molecule has 0 saturated carbocycles. The first kappa shape index (κ1) is 12.0. The summed E-state index contributed by atoms with van der Waals surface area (Å²) in [5.74, 6) is 0.270. The smallest absolute Gasteiger partial charge is 0.252 e. The number of rotatable bonds is 7. The van der Waals surface area contributed by atoms with Gasteiger partial charge in [0.15, 0.2) is 11.9 Å². The highest BCUT2D eigenvalue weighted by molar-refractivity contribution is 5.09. The van der Waals surface area contributed by atoms with Crippen LogP contribution in [0.4, 0.5) is 0 Å². The molecular formula is C12H20NO2+. The lowest BCUT2D eigenvalue weighted by molar-refractivity contribution is -0.733. The van der Waals surface area contributed by atoms with Crippen molar-refractivity contribution in [2.45, 2.75) is 39.3 Å². The molecule has 0 aliphatic carbocycles. The van der Waals surface area contributed by atoms with Crippen LogP contribution < -0.4 is 4.57 Å². The molecule has 0 saturated heterocycles. The highest BCUT2D eigenvalue weighted by Gasteiger charge is 2.00. The fraction of sp³-hybridized carbons (Fsp3) is 0.583. The average Bonchev–Trinajstić information content (AvgIpc) is 2.23. The Balaban J connectivity index is 2.10. The van der Waals surface area contributed by atoms with E-state index in [2.05, 4.69) is 6.92 Å². The van der Waals surface area contributed by atoms with Crippen LogP contribution in [0.25, 0.3) is 0 Å². The third kappa shape index (κ3) is 5.37. The van der Waals surface area contributed by atoms with Gasteiger partial charge in [0, 0.05) is 6.07 Å². The first-order valence-corrected chi connectivity index (χ1v) is 5.58. The number of ether oxygens (including phenoxy) is 1. The van der Waals surface area contributed by atoms with E-state index in [4.69, 9.17) is 4.74 Å². The van der Waals surface area contributed by atoms with E-state index in [1.807, 2.05) is 10.8 Å². The zero-order valence-corrected chi connectivity index (χ0v) is 9.35. The van der Waals surface area contributed by atoms with Crippen LogP contribution in [0.5, 0.6) is 5.75 Å². The number of aromatic hydroxyl groups is 1. The normalized spacial score (nSPS) is 10.5. The molecule has 3 nitrogen and oxygen atoms in total. The van der Waals surface area contributed by atoms with Crippen LogP contribution in [0, 0.1) is 0 Å². The molecule has 0 spiro atoms. The van der Waals surface area contributed by atoms with Gasteiger partial charge in [0.1, 0.15) is 0 Å². The number of aromatic nitrogens is 1. The molecule has 1 aromatic rings. The number of hydrogen-bond acceptors (Lipinski definition) is 2. The van der Waals surface area contributed by atoms with Gasteiger partial charge in [-0.1, -0.05) is 26.2 Å². The summed E-state index contributed by atoms with van der Waals surface area (Å²) in [5, 5.41) is 9.21. The Labute approximate surface area is 91.3 Å². The van der Waals surface area contributed by atoms with Crippen molar-refractivity contribution in [2.24, 2.45) is 0 Å². The largest absolute Gasteiger partial charge is 0.503 e. The summed E-state index contributed by atoms with van der Waals surface area (Å²) in [6.07, 6.45) is 8.43. The van der Waals surface area contributed by atoms with Crippen LogP contribution in [-0.4, -0.2) is 11.7 Å². The van der Waals surface area contributed by atoms with Crippen molar-refractivity contribution in [3.63, 3.8) is 0 Å². The molecule has 1 rings (SSSR count). The number of pyridine rings is 1. The molecule has 1 aromatic heterocycles. The Morgan fingerprint density at radius 2 is 2.20 bits per heavy atom. The molecule has 0 atom stereocenters. The molecule has 84 valence electrons. The third-order valence-corrected chi connectivity index (χ3v) is 2.23. The third-order valence-electron chi connectivity index (χ3n) is 2.23. The van der Waals surface area contributed by atoms with Crippen LogP contribution in [0.3, 0.4) is 0 Å². The minimum absolute atomic E-state index is 0.270. The summed E-state index contributed by atoms with van der Waals surface area (Å²) in [4.78, 5) is 0. The average molecular weight is 210 g/mol. The highest BCUT2D eigenvalue weighted by atomic mass is 16.5. The van der Waals surface area contributed by atoms with Gasteiger partial charge in [-0.3, -0.25) is 0 Å². The molecule has 0 aliphatic rings. The van der Waals surface area contributed by atoms with Crippen molar-refractivity contribution in [3.05, 3.63) is 24.5 Å². The molecule has 0 aromatic carbocycles. The maximum atomic E-state index is 9.21. The molecule has 0 fully saturated rings. The lowest BCUT2D eigenvalue weighted by atomic mass is 10.2. The van der Waals surface area contributed by atoms with Gasteiger partial charge < -0.3 is 9.84 Å². The highest BCUT2D eigenvalue weighted by Crippen LogP contribution is 2.01. The van der Waals surface area contributed by atoms with Crippen molar-refractivity contribution >= 4 is 0 Å². The predicted molar refractivity (Wildman–Crippen MR) is 58.4 cm³/mol. The minimum Gasteiger partial charge on any atom is -0.503 e. The number of hydrogen-bond donors (Lipinski definition) is 1. The van der Waals surface area contributed by atoms with Crippen LogP contribution in [0.2, 0.25) is 0 Å². The van der Waals surface area contributed by atoms with Crippen molar-refractivity contribution in [1.82, 2.24) is 0 Å². The molecule has 1 N–H and O–H groups in total. The second-order valence-corrected chi connectivity index (χ2v) is 3.67. The zero-order valence-electron chi connectivity index (χ0n) is 9.35. The topological polar surface area (TPSA) is 33.3 Å². The maximum absolute atomic E-state index is 9.21. The summed E-state index contributed by atoms with van der Waals surface area (Å²) in [7, 11) is 0. The zero-order chi connectivity index (χ0) is 10.9. The van der Waals surface area contributed by atoms with Crippen LogP contribution in [-0.2, 0) is 11.5 Å². The van der Waals surface area contributed by atoms with Crippen LogP contribution in [0.1, 0.15) is 32.6 Å². The van der Waals surface area contributed by atoms with E-state index in [9.17, 15) is 5.11 Å². The Bertz CT molecular complexity index is 276. The van der Waals surface area contributed by atoms with Gasteiger partial charge in [0.05, 0.1) is 6.61 Å². The quantitative estimate of drug-likeness (QED) is 0.553. The second-order valence-electron chi connectivity index (χ2n) is 3.67. The summed E-state index contributed by atoms with van der Waals surface area (Å²) >= 11 is 0. The number of nitrogens with zero attached hydrogens (tertiary/aromatic N) is 1.